The molecule has 0 saturated carbocycles. The average Bonchev–Trinajstić information content (AvgIpc) is 3.76. The zero-order valence-corrected chi connectivity index (χ0v) is 37.5. The number of anilines is 3. The highest BCUT2D eigenvalue weighted by Crippen LogP contribution is 2.46. The fraction of sp³-hybridized carbons (Fsp3) is 0. The summed E-state index contributed by atoms with van der Waals surface area (Å²) in [6.45, 7) is 0. The summed E-state index contributed by atoms with van der Waals surface area (Å²) in [5, 5.41) is 2.43. The number of para-hydroxylation sites is 2. The Balaban J connectivity index is 1.07. The van der Waals surface area contributed by atoms with Crippen LogP contribution in [0.5, 0.6) is 0 Å². The molecule has 0 radical (unpaired) electrons. The SMILES string of the molecule is c1ccc(-c2ccccc2-c2cccc(-n3c4ccccc4c4ccc(N(c5ccccc5)c5ccc(-c6ccccc6-c6ccccc6)c(-c6ccccc6-c6ccccc6)c5)cc43)c2)cc1. The van der Waals surface area contributed by atoms with Crippen molar-refractivity contribution in [2.24, 2.45) is 0 Å². The van der Waals surface area contributed by atoms with Crippen molar-refractivity contribution in [3.8, 4) is 72.4 Å². The lowest BCUT2D eigenvalue weighted by Gasteiger charge is -2.27. The molecule has 11 aromatic carbocycles. The maximum absolute atomic E-state index is 2.44. The van der Waals surface area contributed by atoms with Gasteiger partial charge in [-0.25, -0.2) is 0 Å². The summed E-state index contributed by atoms with van der Waals surface area (Å²) in [6, 6.07) is 101. The van der Waals surface area contributed by atoms with Gasteiger partial charge in [0.25, 0.3) is 0 Å². The molecule has 68 heavy (non-hydrogen) atoms. The molecule has 2 nitrogen and oxygen atoms in total. The van der Waals surface area contributed by atoms with Crippen molar-refractivity contribution in [1.29, 1.82) is 0 Å². The number of hydrogen-bond acceptors (Lipinski definition) is 1. The van der Waals surface area contributed by atoms with Gasteiger partial charge in [0.15, 0.2) is 0 Å². The van der Waals surface area contributed by atoms with Crippen molar-refractivity contribution in [1.82, 2.24) is 4.57 Å². The molecule has 320 valence electrons. The van der Waals surface area contributed by atoms with Crippen molar-refractivity contribution in [3.63, 3.8) is 0 Å². The summed E-state index contributed by atoms with van der Waals surface area (Å²) in [5.41, 5.74) is 20.9. The summed E-state index contributed by atoms with van der Waals surface area (Å²) in [5.74, 6) is 0. The van der Waals surface area contributed by atoms with Crippen LogP contribution in [0.2, 0.25) is 0 Å². The molecule has 0 spiro atoms. The minimum atomic E-state index is 1.07. The third-order valence-electron chi connectivity index (χ3n) is 13.2. The van der Waals surface area contributed by atoms with Gasteiger partial charge in [0.2, 0.25) is 0 Å². The van der Waals surface area contributed by atoms with Crippen LogP contribution in [0, 0.1) is 0 Å². The molecular formula is C66H46N2. The van der Waals surface area contributed by atoms with Crippen LogP contribution in [0.25, 0.3) is 94.3 Å². The van der Waals surface area contributed by atoms with E-state index in [1.165, 1.54) is 77.5 Å². The van der Waals surface area contributed by atoms with Gasteiger partial charge in [-0.3, -0.25) is 0 Å². The second-order valence-electron chi connectivity index (χ2n) is 17.2. The molecule has 12 aromatic rings. The highest BCUT2D eigenvalue weighted by Gasteiger charge is 2.22. The highest BCUT2D eigenvalue weighted by molar-refractivity contribution is 6.10. The molecule has 0 atom stereocenters. The topological polar surface area (TPSA) is 8.17 Å². The predicted octanol–water partition coefficient (Wildman–Crippen LogP) is 18.3. The number of nitrogens with zero attached hydrogens (tertiary/aromatic N) is 2. The fourth-order valence-electron chi connectivity index (χ4n) is 10.1. The van der Waals surface area contributed by atoms with E-state index in [0.29, 0.717) is 0 Å². The van der Waals surface area contributed by atoms with Gasteiger partial charge in [0, 0.05) is 33.5 Å². The standard InChI is InChI=1S/C66H46N2/c1-5-22-47(23-6-1)55-32-13-14-35-58(55)50-28-21-31-52(44-50)68-65-39-20-19-38-62(65)63-43-41-54(46-66(63)68)67(51-29-11-4-12-30-51)53-40-42-61(59-36-17-15-33-56(59)48-24-7-2-8-25-48)64(45-53)60-37-18-16-34-57(60)49-26-9-3-10-27-49/h1-46H. The molecule has 2 heteroatoms. The largest absolute Gasteiger partial charge is 0.310 e. The van der Waals surface area contributed by atoms with Gasteiger partial charge >= 0.3 is 0 Å². The molecule has 0 unspecified atom stereocenters. The van der Waals surface area contributed by atoms with Crippen LogP contribution >= 0.6 is 0 Å². The van der Waals surface area contributed by atoms with E-state index in [-0.39, 0.29) is 0 Å². The Kier molecular flexibility index (Phi) is 10.6. The lowest BCUT2D eigenvalue weighted by atomic mass is 9.86. The van der Waals surface area contributed by atoms with Crippen LogP contribution in [0.4, 0.5) is 17.1 Å². The van der Waals surface area contributed by atoms with Crippen molar-refractivity contribution < 1.29 is 0 Å². The van der Waals surface area contributed by atoms with Crippen LogP contribution in [-0.4, -0.2) is 4.57 Å². The lowest BCUT2D eigenvalue weighted by Crippen LogP contribution is -2.10. The van der Waals surface area contributed by atoms with E-state index >= 15 is 0 Å². The quantitative estimate of drug-likeness (QED) is 0.133. The Morgan fingerprint density at radius 1 is 0.221 bits per heavy atom. The number of fused-ring (bicyclic) bond motifs is 3. The maximum Gasteiger partial charge on any atom is 0.0561 e. The van der Waals surface area contributed by atoms with Gasteiger partial charge in [-0.15, -0.1) is 0 Å². The van der Waals surface area contributed by atoms with E-state index in [2.05, 4.69) is 289 Å². The van der Waals surface area contributed by atoms with Gasteiger partial charge in [-0.05, 0) is 121 Å². The van der Waals surface area contributed by atoms with Gasteiger partial charge in [0.1, 0.15) is 0 Å². The predicted molar refractivity (Wildman–Crippen MR) is 288 cm³/mol. The third kappa shape index (κ3) is 7.45. The Morgan fingerprint density at radius 2 is 0.632 bits per heavy atom. The van der Waals surface area contributed by atoms with Crippen molar-refractivity contribution >= 4 is 38.9 Å². The average molecular weight is 867 g/mol. The van der Waals surface area contributed by atoms with Crippen LogP contribution in [0.15, 0.2) is 279 Å². The van der Waals surface area contributed by atoms with Gasteiger partial charge in [0.05, 0.1) is 11.0 Å². The number of benzene rings is 11. The van der Waals surface area contributed by atoms with Gasteiger partial charge < -0.3 is 9.47 Å². The smallest absolute Gasteiger partial charge is 0.0561 e. The van der Waals surface area contributed by atoms with Crippen molar-refractivity contribution in [2.45, 2.75) is 0 Å². The first kappa shape index (κ1) is 40.5. The van der Waals surface area contributed by atoms with E-state index in [0.717, 1.165) is 33.8 Å². The molecule has 0 amide bonds. The van der Waals surface area contributed by atoms with Crippen molar-refractivity contribution in [2.75, 3.05) is 4.90 Å². The van der Waals surface area contributed by atoms with Crippen molar-refractivity contribution in [3.05, 3.63) is 279 Å². The van der Waals surface area contributed by atoms with E-state index in [1.54, 1.807) is 0 Å². The first-order chi connectivity index (χ1) is 33.8. The summed E-state index contributed by atoms with van der Waals surface area (Å²) >= 11 is 0. The number of rotatable bonds is 10. The Labute approximate surface area is 397 Å². The summed E-state index contributed by atoms with van der Waals surface area (Å²) < 4.78 is 2.44. The van der Waals surface area contributed by atoms with E-state index in [1.807, 2.05) is 0 Å². The Hall–Kier alpha value is -8.98. The first-order valence-electron chi connectivity index (χ1n) is 23.3. The van der Waals surface area contributed by atoms with E-state index in [9.17, 15) is 0 Å². The Morgan fingerprint density at radius 3 is 1.24 bits per heavy atom. The highest BCUT2D eigenvalue weighted by atomic mass is 15.1. The third-order valence-corrected chi connectivity index (χ3v) is 13.2. The van der Waals surface area contributed by atoms with Crippen LogP contribution < -0.4 is 4.90 Å². The van der Waals surface area contributed by atoms with Crippen LogP contribution in [0.1, 0.15) is 0 Å². The van der Waals surface area contributed by atoms with Crippen LogP contribution in [0.3, 0.4) is 0 Å². The fourth-order valence-corrected chi connectivity index (χ4v) is 10.1. The van der Waals surface area contributed by atoms with Gasteiger partial charge in [-0.2, -0.15) is 0 Å². The summed E-state index contributed by atoms with van der Waals surface area (Å²) in [6.07, 6.45) is 0. The zero-order chi connectivity index (χ0) is 45.2. The van der Waals surface area contributed by atoms with E-state index < -0.39 is 0 Å². The molecule has 1 aromatic heterocycles. The summed E-state index contributed by atoms with van der Waals surface area (Å²) in [4.78, 5) is 2.41. The molecule has 0 saturated heterocycles. The first-order valence-corrected chi connectivity index (χ1v) is 23.3. The monoisotopic (exact) mass is 866 g/mol. The molecule has 0 aliphatic heterocycles. The van der Waals surface area contributed by atoms with Gasteiger partial charge in [-0.1, -0.05) is 224 Å². The van der Waals surface area contributed by atoms with E-state index in [4.69, 9.17) is 0 Å². The molecule has 0 N–H and O–H groups in total. The number of aromatic nitrogens is 1. The normalized spacial score (nSPS) is 11.2. The maximum atomic E-state index is 2.44. The molecule has 0 fully saturated rings. The minimum Gasteiger partial charge on any atom is -0.310 e. The zero-order valence-electron chi connectivity index (χ0n) is 37.5. The molecule has 0 aliphatic rings. The minimum absolute atomic E-state index is 1.07. The summed E-state index contributed by atoms with van der Waals surface area (Å²) in [7, 11) is 0. The second kappa shape index (κ2) is 17.8. The Bertz CT molecular complexity index is 3720. The lowest BCUT2D eigenvalue weighted by molar-refractivity contribution is 1.18. The molecule has 0 bridgehead atoms. The molecule has 12 rings (SSSR count). The second-order valence-corrected chi connectivity index (χ2v) is 17.2. The number of hydrogen-bond donors (Lipinski definition) is 0. The molecule has 1 heterocycles. The molecule has 0 aliphatic carbocycles. The molecular weight excluding hydrogens is 821 g/mol. The van der Waals surface area contributed by atoms with Crippen LogP contribution in [-0.2, 0) is 0 Å².